The highest BCUT2D eigenvalue weighted by Crippen LogP contribution is 2.37. The molecule has 0 amide bonds. The monoisotopic (exact) mass is 332 g/mol. The van der Waals surface area contributed by atoms with Crippen molar-refractivity contribution in [3.63, 3.8) is 0 Å². The second-order valence-corrected chi connectivity index (χ2v) is 5.63. The third kappa shape index (κ3) is 3.91. The van der Waals surface area contributed by atoms with Gasteiger partial charge in [-0.3, -0.25) is 0 Å². The summed E-state index contributed by atoms with van der Waals surface area (Å²) in [6.07, 6.45) is -3.86. The van der Waals surface area contributed by atoms with Crippen molar-refractivity contribution in [1.29, 1.82) is 0 Å². The lowest BCUT2D eigenvalue weighted by molar-refractivity contribution is -0.138. The molecule has 0 radical (unpaired) electrons. The maximum absolute atomic E-state index is 13.3. The molecule has 0 aliphatic heterocycles. The van der Waals surface area contributed by atoms with E-state index in [9.17, 15) is 13.2 Å². The Bertz CT molecular complexity index is 754. The fraction of sp³-hybridized carbons (Fsp3) is 0.300. The lowest BCUT2D eigenvalue weighted by atomic mass is 9.93. The van der Waals surface area contributed by atoms with E-state index in [0.29, 0.717) is 6.42 Å². The molecular formula is C20H19F3O. The zero-order valence-corrected chi connectivity index (χ0v) is 13.9. The largest absolute Gasteiger partial charge is 0.483 e. The minimum Gasteiger partial charge on any atom is -0.483 e. The molecular weight excluding hydrogens is 313 g/mol. The first-order chi connectivity index (χ1) is 11.3. The molecule has 126 valence electrons. The van der Waals surface area contributed by atoms with E-state index in [-0.39, 0.29) is 11.3 Å². The van der Waals surface area contributed by atoms with Gasteiger partial charge in [0.25, 0.3) is 0 Å². The molecule has 2 rings (SSSR count). The summed E-state index contributed by atoms with van der Waals surface area (Å²) in [5, 5.41) is 0. The number of hydrogen-bond donors (Lipinski definition) is 0. The molecule has 2 aromatic carbocycles. The standard InChI is InChI=1S/C20H19F3O/c1-4-9-15-12-13-17(14-18(15)20(21,22)23)24-19(3,5-2)16-10-7-6-8-11-16/h6-8,10-14H,5H2,1-3H3. The van der Waals surface area contributed by atoms with E-state index >= 15 is 0 Å². The fourth-order valence-electron chi connectivity index (χ4n) is 2.45. The smallest absolute Gasteiger partial charge is 0.417 e. The first-order valence-electron chi connectivity index (χ1n) is 7.68. The fourth-order valence-corrected chi connectivity index (χ4v) is 2.45. The predicted molar refractivity (Wildman–Crippen MR) is 88.7 cm³/mol. The van der Waals surface area contributed by atoms with Gasteiger partial charge in [0.2, 0.25) is 0 Å². The third-order valence-corrected chi connectivity index (χ3v) is 3.96. The van der Waals surface area contributed by atoms with Crippen LogP contribution in [0.15, 0.2) is 48.5 Å². The van der Waals surface area contributed by atoms with Gasteiger partial charge in [-0.15, -0.1) is 5.92 Å². The van der Waals surface area contributed by atoms with Crippen LogP contribution in [0.5, 0.6) is 5.75 Å². The van der Waals surface area contributed by atoms with E-state index in [0.717, 1.165) is 11.6 Å². The van der Waals surface area contributed by atoms with Crippen LogP contribution in [0.1, 0.15) is 43.9 Å². The molecule has 0 heterocycles. The molecule has 1 nitrogen and oxygen atoms in total. The third-order valence-electron chi connectivity index (χ3n) is 3.96. The molecule has 0 bridgehead atoms. The van der Waals surface area contributed by atoms with Gasteiger partial charge in [0.15, 0.2) is 0 Å². The second kappa shape index (κ2) is 7.00. The van der Waals surface area contributed by atoms with Crippen molar-refractivity contribution in [2.45, 2.75) is 39.0 Å². The summed E-state index contributed by atoms with van der Waals surface area (Å²) in [5.74, 6) is 5.18. The highest BCUT2D eigenvalue weighted by Gasteiger charge is 2.34. The van der Waals surface area contributed by atoms with Crippen LogP contribution in [0.3, 0.4) is 0 Å². The van der Waals surface area contributed by atoms with Gasteiger partial charge in [0, 0.05) is 5.56 Å². The molecule has 1 atom stereocenters. The topological polar surface area (TPSA) is 9.23 Å². The van der Waals surface area contributed by atoms with E-state index < -0.39 is 17.3 Å². The average Bonchev–Trinajstić information content (AvgIpc) is 2.56. The summed E-state index contributed by atoms with van der Waals surface area (Å²) in [7, 11) is 0. The Kier molecular flexibility index (Phi) is 5.23. The normalized spacial score (nSPS) is 13.6. The van der Waals surface area contributed by atoms with Crippen LogP contribution in [-0.2, 0) is 11.8 Å². The van der Waals surface area contributed by atoms with Crippen LogP contribution in [0.4, 0.5) is 13.2 Å². The molecule has 0 aromatic heterocycles. The van der Waals surface area contributed by atoms with Crippen molar-refractivity contribution in [2.75, 3.05) is 0 Å². The molecule has 4 heteroatoms. The van der Waals surface area contributed by atoms with Gasteiger partial charge in [0.1, 0.15) is 11.4 Å². The van der Waals surface area contributed by atoms with Gasteiger partial charge in [-0.05, 0) is 44.0 Å². The van der Waals surface area contributed by atoms with E-state index in [1.165, 1.54) is 19.1 Å². The van der Waals surface area contributed by atoms with Crippen molar-refractivity contribution in [2.24, 2.45) is 0 Å². The van der Waals surface area contributed by atoms with Gasteiger partial charge in [-0.25, -0.2) is 0 Å². The van der Waals surface area contributed by atoms with E-state index in [4.69, 9.17) is 4.74 Å². The van der Waals surface area contributed by atoms with Gasteiger partial charge in [-0.1, -0.05) is 43.2 Å². The highest BCUT2D eigenvalue weighted by atomic mass is 19.4. The highest BCUT2D eigenvalue weighted by molar-refractivity contribution is 5.47. The number of halogens is 3. The van der Waals surface area contributed by atoms with Crippen LogP contribution < -0.4 is 4.74 Å². The van der Waals surface area contributed by atoms with E-state index in [2.05, 4.69) is 11.8 Å². The summed E-state index contributed by atoms with van der Waals surface area (Å²) < 4.78 is 45.8. The van der Waals surface area contributed by atoms with Crippen LogP contribution in [-0.4, -0.2) is 0 Å². The van der Waals surface area contributed by atoms with Crippen LogP contribution in [0.25, 0.3) is 0 Å². The number of rotatable bonds is 4. The molecule has 0 fully saturated rings. The molecule has 0 N–H and O–H groups in total. The zero-order valence-electron chi connectivity index (χ0n) is 13.9. The van der Waals surface area contributed by atoms with Gasteiger partial charge in [0.05, 0.1) is 5.56 Å². The van der Waals surface area contributed by atoms with E-state index in [1.807, 2.05) is 44.2 Å². The average molecular weight is 332 g/mol. The molecule has 1 unspecified atom stereocenters. The second-order valence-electron chi connectivity index (χ2n) is 5.63. The van der Waals surface area contributed by atoms with Crippen LogP contribution >= 0.6 is 0 Å². The molecule has 0 spiro atoms. The summed E-state index contributed by atoms with van der Waals surface area (Å²) in [5.41, 5.74) is -0.614. The first kappa shape index (κ1) is 17.9. The Morgan fingerprint density at radius 2 is 1.71 bits per heavy atom. The number of ether oxygens (including phenoxy) is 1. The summed E-state index contributed by atoms with van der Waals surface area (Å²) in [6.45, 7) is 5.32. The van der Waals surface area contributed by atoms with Crippen LogP contribution in [0, 0.1) is 11.8 Å². The lowest BCUT2D eigenvalue weighted by Crippen LogP contribution is -2.28. The molecule has 0 saturated heterocycles. The Labute approximate surface area is 140 Å². The lowest BCUT2D eigenvalue weighted by Gasteiger charge is -2.30. The van der Waals surface area contributed by atoms with Gasteiger partial charge < -0.3 is 4.74 Å². The Morgan fingerprint density at radius 1 is 1.04 bits per heavy atom. The van der Waals surface area contributed by atoms with Crippen LogP contribution in [0.2, 0.25) is 0 Å². The van der Waals surface area contributed by atoms with Crippen molar-refractivity contribution >= 4 is 0 Å². The van der Waals surface area contributed by atoms with Crippen molar-refractivity contribution in [1.82, 2.24) is 0 Å². The Hall–Kier alpha value is -2.41. The maximum atomic E-state index is 13.3. The summed E-state index contributed by atoms with van der Waals surface area (Å²) >= 11 is 0. The summed E-state index contributed by atoms with van der Waals surface area (Å²) in [6, 6.07) is 13.4. The molecule has 0 saturated carbocycles. The maximum Gasteiger partial charge on any atom is 0.417 e. The molecule has 24 heavy (non-hydrogen) atoms. The zero-order chi connectivity index (χ0) is 17.8. The van der Waals surface area contributed by atoms with E-state index in [1.54, 1.807) is 0 Å². The number of hydrogen-bond acceptors (Lipinski definition) is 1. The Balaban J connectivity index is 2.43. The minimum atomic E-state index is -4.48. The van der Waals surface area contributed by atoms with Gasteiger partial charge in [-0.2, -0.15) is 13.2 Å². The minimum absolute atomic E-state index is 0.0461. The van der Waals surface area contributed by atoms with Gasteiger partial charge >= 0.3 is 6.18 Å². The predicted octanol–water partition coefficient (Wildman–Crippen LogP) is 5.78. The quantitative estimate of drug-likeness (QED) is 0.645. The first-order valence-corrected chi connectivity index (χ1v) is 7.68. The van der Waals surface area contributed by atoms with Crippen molar-refractivity contribution < 1.29 is 17.9 Å². The molecule has 2 aromatic rings. The molecule has 0 aliphatic rings. The number of alkyl halides is 3. The van der Waals surface area contributed by atoms with Crippen molar-refractivity contribution in [3.05, 3.63) is 65.2 Å². The van der Waals surface area contributed by atoms with Crippen molar-refractivity contribution in [3.8, 4) is 17.6 Å². The Morgan fingerprint density at radius 3 is 2.25 bits per heavy atom. The molecule has 0 aliphatic carbocycles. The SMILES string of the molecule is CC#Cc1ccc(OC(C)(CC)c2ccccc2)cc1C(F)(F)F. The number of benzene rings is 2. The summed E-state index contributed by atoms with van der Waals surface area (Å²) in [4.78, 5) is 0.